The fraction of sp³-hybridized carbons (Fsp3) is 0.333. The van der Waals surface area contributed by atoms with Crippen molar-refractivity contribution in [2.75, 3.05) is 0 Å². The second-order valence-electron chi connectivity index (χ2n) is 12.5. The van der Waals surface area contributed by atoms with Crippen LogP contribution in [0.1, 0.15) is 86.2 Å². The molecule has 45 heavy (non-hydrogen) atoms. The minimum atomic E-state index is 1.15. The Balaban J connectivity index is 0.000000284. The van der Waals surface area contributed by atoms with Gasteiger partial charge in [-0.05, 0) is 122 Å². The average Bonchev–Trinajstić information content (AvgIpc) is 2.97. The van der Waals surface area contributed by atoms with Crippen LogP contribution in [-0.2, 0) is 12.8 Å². The highest BCUT2D eigenvalue weighted by Gasteiger charge is 2.00. The van der Waals surface area contributed by atoms with Gasteiger partial charge in [-0.3, -0.25) is 0 Å². The van der Waals surface area contributed by atoms with Crippen LogP contribution < -0.4 is 0 Å². The lowest BCUT2D eigenvalue weighted by Crippen LogP contribution is -1.93. The van der Waals surface area contributed by atoms with Crippen molar-refractivity contribution in [2.24, 2.45) is 0 Å². The lowest BCUT2D eigenvalue weighted by atomic mass is 9.97. The molecule has 0 aliphatic rings. The van der Waals surface area contributed by atoms with Gasteiger partial charge in [0.25, 0.3) is 0 Å². The maximum Gasteiger partial charge on any atom is -0.0305 e. The summed E-state index contributed by atoms with van der Waals surface area (Å²) in [6.07, 6.45) is 2.30. The molecule has 0 saturated heterocycles. The Kier molecular flexibility index (Phi) is 18.2. The highest BCUT2D eigenvalue weighted by molar-refractivity contribution is 5.37. The predicted octanol–water partition coefficient (Wildman–Crippen LogP) is 13.0. The van der Waals surface area contributed by atoms with E-state index in [1.54, 1.807) is 0 Å². The maximum atomic E-state index is 2.33. The Hall–Kier alpha value is -3.90. The molecule has 0 fully saturated rings. The normalized spacial score (nSPS) is 9.62. The van der Waals surface area contributed by atoms with Gasteiger partial charge in [-0.15, -0.1) is 0 Å². The maximum absolute atomic E-state index is 2.33. The molecule has 0 amide bonds. The molecular weight excluding hydrogens is 540 g/mol. The van der Waals surface area contributed by atoms with Gasteiger partial charge in [-0.2, -0.15) is 0 Å². The van der Waals surface area contributed by atoms with E-state index in [9.17, 15) is 0 Å². The Morgan fingerprint density at radius 2 is 0.600 bits per heavy atom. The molecule has 0 aromatic heterocycles. The van der Waals surface area contributed by atoms with Crippen LogP contribution in [0.25, 0.3) is 0 Å². The standard InChI is InChI=1S/C12H18.C9H12.3C8H10/c1-5-11-7-10(4)12(6-2)8-9(11)3;1-7-4-8(2)6-9(3)5-7;1-7-3-5-8(2)6-4-7;1-7-4-3-5-8(2)6-7;1-7-5-3-4-6-8(7)2/h7-8H,5-6H2,1-4H3;4-6H,1-3H3;3*3-6H,1-2H3. The topological polar surface area (TPSA) is 0 Å². The van der Waals surface area contributed by atoms with Gasteiger partial charge >= 0.3 is 0 Å². The van der Waals surface area contributed by atoms with Gasteiger partial charge in [-0.1, -0.05) is 156 Å². The fourth-order valence-electron chi connectivity index (χ4n) is 5.01. The number of aryl methyl sites for hydroxylation is 13. The molecule has 0 heteroatoms. The molecule has 0 aliphatic heterocycles. The van der Waals surface area contributed by atoms with Gasteiger partial charge in [0.05, 0.1) is 0 Å². The van der Waals surface area contributed by atoms with Crippen molar-refractivity contribution in [1.82, 2.24) is 0 Å². The van der Waals surface area contributed by atoms with E-state index < -0.39 is 0 Å². The Bertz CT molecular complexity index is 1410. The van der Waals surface area contributed by atoms with Crippen molar-refractivity contribution in [3.63, 3.8) is 0 Å². The van der Waals surface area contributed by atoms with E-state index in [1.165, 1.54) is 72.3 Å². The summed E-state index contributed by atoms with van der Waals surface area (Å²) in [7, 11) is 0. The fourth-order valence-corrected chi connectivity index (χ4v) is 5.01. The third-order valence-corrected chi connectivity index (χ3v) is 7.74. The highest BCUT2D eigenvalue weighted by atomic mass is 14.1. The molecule has 0 heterocycles. The van der Waals surface area contributed by atoms with Crippen LogP contribution in [0.3, 0.4) is 0 Å². The van der Waals surface area contributed by atoms with E-state index in [4.69, 9.17) is 0 Å². The van der Waals surface area contributed by atoms with Crippen molar-refractivity contribution < 1.29 is 0 Å². The summed E-state index contributed by atoms with van der Waals surface area (Å²) < 4.78 is 0. The summed E-state index contributed by atoms with van der Waals surface area (Å²) in [5, 5.41) is 0. The average molecular weight is 601 g/mol. The smallest absolute Gasteiger partial charge is 0.0305 e. The van der Waals surface area contributed by atoms with Crippen molar-refractivity contribution in [3.05, 3.63) is 175 Å². The monoisotopic (exact) mass is 600 g/mol. The second-order valence-corrected chi connectivity index (χ2v) is 12.5. The molecule has 0 atom stereocenters. The first-order chi connectivity index (χ1) is 21.2. The molecule has 0 N–H and O–H groups in total. The van der Waals surface area contributed by atoms with Crippen LogP contribution in [0.2, 0.25) is 0 Å². The minimum absolute atomic E-state index is 1.15. The van der Waals surface area contributed by atoms with E-state index in [0.717, 1.165) is 12.8 Å². The minimum Gasteiger partial charge on any atom is -0.0620 e. The van der Waals surface area contributed by atoms with Crippen molar-refractivity contribution in [1.29, 1.82) is 0 Å². The van der Waals surface area contributed by atoms with Crippen LogP contribution in [0.15, 0.2) is 103 Å². The van der Waals surface area contributed by atoms with Gasteiger partial charge in [-0.25, -0.2) is 0 Å². The summed E-state index contributed by atoms with van der Waals surface area (Å²) in [5.74, 6) is 0. The molecule has 0 aliphatic carbocycles. The van der Waals surface area contributed by atoms with Crippen LogP contribution in [-0.4, -0.2) is 0 Å². The van der Waals surface area contributed by atoms with Crippen LogP contribution in [0, 0.1) is 76.2 Å². The molecule has 0 unspecified atom stereocenters. The van der Waals surface area contributed by atoms with Crippen LogP contribution in [0.4, 0.5) is 0 Å². The molecule has 0 bridgehead atoms. The number of hydrogen-bond acceptors (Lipinski definition) is 0. The molecule has 240 valence electrons. The third-order valence-electron chi connectivity index (χ3n) is 7.74. The molecule has 0 radical (unpaired) electrons. The van der Waals surface area contributed by atoms with E-state index in [1.807, 2.05) is 0 Å². The number of hydrogen-bond donors (Lipinski definition) is 0. The van der Waals surface area contributed by atoms with E-state index in [2.05, 4.69) is 193 Å². The molecule has 5 aromatic rings. The van der Waals surface area contributed by atoms with E-state index in [0.29, 0.717) is 0 Å². The number of rotatable bonds is 2. The lowest BCUT2D eigenvalue weighted by Gasteiger charge is -2.08. The quantitative estimate of drug-likeness (QED) is 0.189. The first kappa shape index (κ1) is 39.1. The van der Waals surface area contributed by atoms with Gasteiger partial charge in [0.2, 0.25) is 0 Å². The van der Waals surface area contributed by atoms with Gasteiger partial charge in [0.1, 0.15) is 0 Å². The first-order valence-electron chi connectivity index (χ1n) is 16.5. The molecule has 0 spiro atoms. The molecule has 0 nitrogen and oxygen atoms in total. The Morgan fingerprint density at radius 1 is 0.289 bits per heavy atom. The van der Waals surface area contributed by atoms with Crippen molar-refractivity contribution in [3.8, 4) is 0 Å². The van der Waals surface area contributed by atoms with Gasteiger partial charge < -0.3 is 0 Å². The van der Waals surface area contributed by atoms with E-state index >= 15 is 0 Å². The Morgan fingerprint density at radius 3 is 0.844 bits per heavy atom. The molecule has 5 aromatic carbocycles. The van der Waals surface area contributed by atoms with Crippen LogP contribution >= 0.6 is 0 Å². The zero-order valence-corrected chi connectivity index (χ0v) is 30.7. The highest BCUT2D eigenvalue weighted by Crippen LogP contribution is 2.17. The summed E-state index contributed by atoms with van der Waals surface area (Å²) in [4.78, 5) is 0. The summed E-state index contributed by atoms with van der Waals surface area (Å²) in [6, 6.07) is 36.5. The van der Waals surface area contributed by atoms with Gasteiger partial charge in [0, 0.05) is 0 Å². The molecule has 5 rings (SSSR count). The first-order valence-corrected chi connectivity index (χ1v) is 16.5. The summed E-state index contributed by atoms with van der Waals surface area (Å²) in [6.45, 7) is 27.9. The predicted molar refractivity (Wildman–Crippen MR) is 203 cm³/mol. The van der Waals surface area contributed by atoms with Crippen LogP contribution in [0.5, 0.6) is 0 Å². The lowest BCUT2D eigenvalue weighted by molar-refractivity contribution is 1.05. The summed E-state index contributed by atoms with van der Waals surface area (Å²) in [5.41, 5.74) is 18.0. The third kappa shape index (κ3) is 16.7. The second kappa shape index (κ2) is 20.9. The zero-order valence-electron chi connectivity index (χ0n) is 30.7. The SMILES string of the molecule is CCc1cc(C)c(CC)cc1C.Cc1cc(C)cc(C)c1.Cc1ccc(C)cc1.Cc1cccc(C)c1.Cc1ccccc1C. The molecule has 0 saturated carbocycles. The van der Waals surface area contributed by atoms with E-state index in [-0.39, 0.29) is 0 Å². The largest absolute Gasteiger partial charge is 0.0620 e. The summed E-state index contributed by atoms with van der Waals surface area (Å²) >= 11 is 0. The molecular formula is C45H60. The Labute approximate surface area is 277 Å². The van der Waals surface area contributed by atoms with Gasteiger partial charge in [0.15, 0.2) is 0 Å². The van der Waals surface area contributed by atoms with Crippen molar-refractivity contribution in [2.45, 2.75) is 103 Å². The van der Waals surface area contributed by atoms with Crippen molar-refractivity contribution >= 4 is 0 Å². The zero-order chi connectivity index (χ0) is 33.9. The number of benzene rings is 5.